The molecular weight excluding hydrogens is 216 g/mol. The zero-order chi connectivity index (χ0) is 12.8. The molecule has 1 heterocycles. The van der Waals surface area contributed by atoms with Gasteiger partial charge in [0.05, 0.1) is 13.2 Å². The fraction of sp³-hybridized carbons (Fsp3) is 0.846. The molecule has 1 rings (SSSR count). The molecule has 0 N–H and O–H groups in total. The normalized spacial score (nSPS) is 24.4. The number of hydrogen-bond acceptors (Lipinski definition) is 4. The van der Waals surface area contributed by atoms with Gasteiger partial charge in [-0.05, 0) is 26.2 Å². The van der Waals surface area contributed by atoms with Crippen molar-refractivity contribution in [2.45, 2.75) is 53.1 Å². The minimum absolute atomic E-state index is 0.000648. The highest BCUT2D eigenvalue weighted by molar-refractivity contribution is 5.94. The van der Waals surface area contributed by atoms with E-state index >= 15 is 0 Å². The predicted octanol–water partition coefficient (Wildman–Crippen LogP) is 2.67. The summed E-state index contributed by atoms with van der Waals surface area (Å²) < 4.78 is 11.2. The Kier molecular flexibility index (Phi) is 5.45. The first-order valence-electron chi connectivity index (χ1n) is 6.54. The van der Waals surface area contributed by atoms with E-state index in [2.05, 4.69) is 30.8 Å². The topological polar surface area (TPSA) is 43.2 Å². The molecule has 0 radical (unpaired) electrons. The fourth-order valence-corrected chi connectivity index (χ4v) is 1.82. The standard InChI is InChI=1S/C13H24N2O2/c1-6-10-12(16-7-2)15-11(9(4)5)13(14-10)17-8-3/h9-11H,6-8H2,1-5H3/t10-,11-/m1/s1. The molecule has 0 spiro atoms. The molecule has 4 nitrogen and oxygen atoms in total. The van der Waals surface area contributed by atoms with Gasteiger partial charge in [-0.1, -0.05) is 20.8 Å². The van der Waals surface area contributed by atoms with Crippen LogP contribution in [0.1, 0.15) is 41.0 Å². The van der Waals surface area contributed by atoms with Gasteiger partial charge in [0, 0.05) is 0 Å². The first-order valence-corrected chi connectivity index (χ1v) is 6.54. The summed E-state index contributed by atoms with van der Waals surface area (Å²) >= 11 is 0. The first kappa shape index (κ1) is 14.0. The van der Waals surface area contributed by atoms with Crippen molar-refractivity contribution < 1.29 is 9.47 Å². The first-order chi connectivity index (χ1) is 8.13. The zero-order valence-corrected chi connectivity index (χ0v) is 11.6. The van der Waals surface area contributed by atoms with Crippen LogP contribution in [-0.2, 0) is 9.47 Å². The zero-order valence-electron chi connectivity index (χ0n) is 11.6. The third-order valence-electron chi connectivity index (χ3n) is 2.69. The van der Waals surface area contributed by atoms with Gasteiger partial charge in [-0.2, -0.15) is 0 Å². The lowest BCUT2D eigenvalue weighted by Crippen LogP contribution is -2.38. The molecule has 0 aromatic carbocycles. The Morgan fingerprint density at radius 1 is 1.00 bits per heavy atom. The molecular formula is C13H24N2O2. The van der Waals surface area contributed by atoms with Gasteiger partial charge in [-0.15, -0.1) is 0 Å². The highest BCUT2D eigenvalue weighted by atomic mass is 16.5. The van der Waals surface area contributed by atoms with Gasteiger partial charge in [0.25, 0.3) is 0 Å². The fourth-order valence-electron chi connectivity index (χ4n) is 1.82. The lowest BCUT2D eigenvalue weighted by atomic mass is 10.0. The monoisotopic (exact) mass is 240 g/mol. The van der Waals surface area contributed by atoms with E-state index < -0.39 is 0 Å². The number of nitrogens with zero attached hydrogens (tertiary/aromatic N) is 2. The third-order valence-corrected chi connectivity index (χ3v) is 2.69. The van der Waals surface area contributed by atoms with Gasteiger partial charge in [0.2, 0.25) is 11.8 Å². The SMILES string of the molecule is CCOC1=N[C@H](C(C)C)C(OCC)=N[C@@H]1CC. The van der Waals surface area contributed by atoms with Crippen LogP contribution in [0.3, 0.4) is 0 Å². The molecule has 98 valence electrons. The van der Waals surface area contributed by atoms with Gasteiger partial charge in [-0.3, -0.25) is 0 Å². The summed E-state index contributed by atoms with van der Waals surface area (Å²) in [6.07, 6.45) is 0.889. The molecule has 4 heteroatoms. The van der Waals surface area contributed by atoms with Crippen LogP contribution in [0.15, 0.2) is 9.98 Å². The molecule has 0 aromatic heterocycles. The number of rotatable bonds is 4. The molecule has 0 bridgehead atoms. The quantitative estimate of drug-likeness (QED) is 0.758. The second-order valence-electron chi connectivity index (χ2n) is 4.41. The number of hydrogen-bond donors (Lipinski definition) is 0. The van der Waals surface area contributed by atoms with Crippen molar-refractivity contribution in [3.05, 3.63) is 0 Å². The number of aliphatic imine (C=N–C) groups is 2. The molecule has 17 heavy (non-hydrogen) atoms. The van der Waals surface area contributed by atoms with E-state index in [0.29, 0.717) is 19.1 Å². The Labute approximate surface area is 104 Å². The van der Waals surface area contributed by atoms with E-state index in [1.165, 1.54) is 0 Å². The summed E-state index contributed by atoms with van der Waals surface area (Å²) in [5.41, 5.74) is 0. The van der Waals surface area contributed by atoms with E-state index in [9.17, 15) is 0 Å². The van der Waals surface area contributed by atoms with Crippen LogP contribution in [0, 0.1) is 5.92 Å². The van der Waals surface area contributed by atoms with Gasteiger partial charge >= 0.3 is 0 Å². The van der Waals surface area contributed by atoms with Crippen LogP contribution in [0.2, 0.25) is 0 Å². The molecule has 0 aliphatic carbocycles. The van der Waals surface area contributed by atoms with Gasteiger partial charge in [0.15, 0.2) is 0 Å². The van der Waals surface area contributed by atoms with Crippen molar-refractivity contribution in [3.63, 3.8) is 0 Å². The molecule has 1 aliphatic heterocycles. The summed E-state index contributed by atoms with van der Waals surface area (Å²) in [4.78, 5) is 9.29. The van der Waals surface area contributed by atoms with Crippen LogP contribution in [0.4, 0.5) is 0 Å². The summed E-state index contributed by atoms with van der Waals surface area (Å²) in [7, 11) is 0. The Bertz CT molecular complexity index is 298. The smallest absolute Gasteiger partial charge is 0.210 e. The molecule has 0 saturated heterocycles. The van der Waals surface area contributed by atoms with Crippen LogP contribution < -0.4 is 0 Å². The Hall–Kier alpha value is -1.06. The maximum absolute atomic E-state index is 5.60. The van der Waals surface area contributed by atoms with E-state index in [-0.39, 0.29) is 12.1 Å². The summed E-state index contributed by atoms with van der Waals surface area (Å²) in [6.45, 7) is 11.6. The minimum Gasteiger partial charge on any atom is -0.480 e. The second kappa shape index (κ2) is 6.62. The van der Waals surface area contributed by atoms with Crippen LogP contribution in [0.5, 0.6) is 0 Å². The average Bonchev–Trinajstić information content (AvgIpc) is 2.30. The van der Waals surface area contributed by atoms with E-state index in [4.69, 9.17) is 9.47 Å². The van der Waals surface area contributed by atoms with Gasteiger partial charge < -0.3 is 9.47 Å². The molecule has 0 unspecified atom stereocenters. The van der Waals surface area contributed by atoms with E-state index in [1.807, 2.05) is 13.8 Å². The van der Waals surface area contributed by atoms with Crippen molar-refractivity contribution in [2.75, 3.05) is 13.2 Å². The lowest BCUT2D eigenvalue weighted by Gasteiger charge is -2.27. The maximum Gasteiger partial charge on any atom is 0.210 e. The minimum atomic E-state index is -0.000648. The maximum atomic E-state index is 5.60. The largest absolute Gasteiger partial charge is 0.480 e. The molecule has 0 aromatic rings. The highest BCUT2D eigenvalue weighted by Gasteiger charge is 2.30. The molecule has 0 amide bonds. The Morgan fingerprint density at radius 2 is 1.59 bits per heavy atom. The lowest BCUT2D eigenvalue weighted by molar-refractivity contribution is 0.275. The van der Waals surface area contributed by atoms with Crippen molar-refractivity contribution in [3.8, 4) is 0 Å². The van der Waals surface area contributed by atoms with Gasteiger partial charge in [0.1, 0.15) is 12.1 Å². The predicted molar refractivity (Wildman–Crippen MR) is 70.8 cm³/mol. The average molecular weight is 240 g/mol. The van der Waals surface area contributed by atoms with Crippen molar-refractivity contribution in [1.29, 1.82) is 0 Å². The van der Waals surface area contributed by atoms with Gasteiger partial charge in [-0.25, -0.2) is 9.98 Å². The van der Waals surface area contributed by atoms with Crippen LogP contribution in [-0.4, -0.2) is 37.1 Å². The van der Waals surface area contributed by atoms with Crippen molar-refractivity contribution >= 4 is 11.8 Å². The molecule has 0 fully saturated rings. The Balaban J connectivity index is 2.92. The van der Waals surface area contributed by atoms with Crippen molar-refractivity contribution in [1.82, 2.24) is 0 Å². The second-order valence-corrected chi connectivity index (χ2v) is 4.41. The van der Waals surface area contributed by atoms with E-state index in [0.717, 1.165) is 18.2 Å². The number of ether oxygens (including phenoxy) is 2. The summed E-state index contributed by atoms with van der Waals surface area (Å²) in [5, 5.41) is 0. The molecule has 0 saturated carbocycles. The molecule has 2 atom stereocenters. The summed E-state index contributed by atoms with van der Waals surface area (Å²) in [5.74, 6) is 1.89. The van der Waals surface area contributed by atoms with Crippen molar-refractivity contribution in [2.24, 2.45) is 15.9 Å². The van der Waals surface area contributed by atoms with Crippen LogP contribution in [0.25, 0.3) is 0 Å². The molecule has 1 aliphatic rings. The van der Waals surface area contributed by atoms with Crippen LogP contribution >= 0.6 is 0 Å². The Morgan fingerprint density at radius 3 is 2.06 bits per heavy atom. The summed E-state index contributed by atoms with van der Waals surface area (Å²) in [6, 6.07) is 0.0193. The third kappa shape index (κ3) is 3.45. The van der Waals surface area contributed by atoms with E-state index in [1.54, 1.807) is 0 Å². The highest BCUT2D eigenvalue weighted by Crippen LogP contribution is 2.19.